The summed E-state index contributed by atoms with van der Waals surface area (Å²) in [5.41, 5.74) is 16.0. The van der Waals surface area contributed by atoms with Crippen LogP contribution in [0.25, 0.3) is 55.4 Å². The Kier molecular flexibility index (Phi) is 17.1. The molecule has 0 fully saturated rings. The summed E-state index contributed by atoms with van der Waals surface area (Å²) in [6, 6.07) is 28.2. The number of benzene rings is 6. The molecule has 10 rings (SSSR count). The van der Waals surface area contributed by atoms with Crippen molar-refractivity contribution in [2.75, 3.05) is 0 Å². The number of hydrogen-bond acceptors (Lipinski definition) is 2. The second-order valence-corrected chi connectivity index (χ2v) is 31.8. The quantitative estimate of drug-likeness (QED) is 0.0794. The van der Waals surface area contributed by atoms with Gasteiger partial charge in [-0.25, -0.2) is 8.78 Å². The van der Waals surface area contributed by atoms with Gasteiger partial charge in [-0.05, 0) is 219 Å². The molecule has 6 nitrogen and oxygen atoms in total. The summed E-state index contributed by atoms with van der Waals surface area (Å²) in [6.45, 7) is 41.8. The van der Waals surface area contributed by atoms with E-state index in [1.165, 1.54) is 58.6 Å². The van der Waals surface area contributed by atoms with Crippen LogP contribution in [-0.2, 0) is 50.7 Å². The highest BCUT2D eigenvalue weighted by Gasteiger charge is 2.37. The normalized spacial score (nSPS) is 15.1. The van der Waals surface area contributed by atoms with Gasteiger partial charge in [0.2, 0.25) is 11.5 Å². The van der Waals surface area contributed by atoms with E-state index in [1.807, 2.05) is 13.8 Å². The Balaban J connectivity index is 1.10. The zero-order valence-corrected chi connectivity index (χ0v) is 56.9. The van der Waals surface area contributed by atoms with Gasteiger partial charge in [0.15, 0.2) is 12.2 Å². The number of nitrogens with zero attached hydrogens (tertiary/aromatic N) is 2. The highest BCUT2D eigenvalue weighted by Crippen LogP contribution is 2.54. The fourth-order valence-corrected chi connectivity index (χ4v) is 15.8. The van der Waals surface area contributed by atoms with Gasteiger partial charge in [0, 0.05) is 58.3 Å². The molecule has 0 aliphatic heterocycles. The zero-order valence-electron chi connectivity index (χ0n) is 56.9. The third kappa shape index (κ3) is 12.3. The maximum atomic E-state index is 16.5. The summed E-state index contributed by atoms with van der Waals surface area (Å²) in [5, 5.41) is 28.6. The molecule has 8 aromatic rings. The van der Waals surface area contributed by atoms with Crippen LogP contribution >= 0.6 is 0 Å². The number of aromatic nitrogens is 2. The molecule has 2 aliphatic rings. The molecule has 0 saturated heterocycles. The third-order valence-electron chi connectivity index (χ3n) is 19.5. The van der Waals surface area contributed by atoms with Crippen molar-refractivity contribution in [1.29, 1.82) is 0 Å². The molecule has 2 atom stereocenters. The molecule has 88 heavy (non-hydrogen) atoms. The van der Waals surface area contributed by atoms with Crippen molar-refractivity contribution in [1.82, 2.24) is 9.13 Å². The summed E-state index contributed by atoms with van der Waals surface area (Å²) in [5.74, 6) is 0.890. The molecule has 0 saturated carbocycles. The molecule has 2 aromatic heterocycles. The summed E-state index contributed by atoms with van der Waals surface area (Å²) in [7, 11) is 9.39. The molecule has 8 heteroatoms. The first-order valence-electron chi connectivity index (χ1n) is 32.7. The van der Waals surface area contributed by atoms with Crippen molar-refractivity contribution in [3.63, 3.8) is 0 Å². The average Bonchev–Trinajstić information content (AvgIpc) is 1.53. The first kappa shape index (κ1) is 64.4. The van der Waals surface area contributed by atoms with E-state index in [0.29, 0.717) is 57.0 Å². The van der Waals surface area contributed by atoms with Crippen LogP contribution in [0.15, 0.2) is 84.9 Å². The molecule has 0 amide bonds. The number of rotatable bonds is 15. The zero-order chi connectivity index (χ0) is 64.2. The largest absolute Gasteiger partial charge is 0.709 e. The average molecular weight is 1190 g/mol. The Morgan fingerprint density at radius 3 is 1.32 bits per heavy atom. The lowest BCUT2D eigenvalue weighted by Crippen LogP contribution is -2.26. The number of hydrogen-bond donors (Lipinski definition) is 2. The number of halogens is 2. The SMILES string of the molecule is [CH2-][O+](c1c(C)cc(F)cc1-c1cc(C(C)(C)CC(C)(C)C)cc(-n2c3c(c4c2CCCC4)CCCC3)c1O)[C@H](C)C[C@@H](C)[O+]([CH2-])c1c(C)cc(F)cc1-c1cc(C(C)(C)CC(C)(C)C)cc(-n2c3cc(C(C)C)ccc3c3ccc(C(C)(C)C)cc32)c1O. The van der Waals surface area contributed by atoms with Crippen molar-refractivity contribution in [2.24, 2.45) is 10.8 Å². The Hall–Kier alpha value is -6.54. The molecule has 470 valence electrons. The molecule has 0 spiro atoms. The second kappa shape index (κ2) is 23.4. The van der Waals surface area contributed by atoms with Gasteiger partial charge in [0.05, 0.1) is 33.5 Å². The van der Waals surface area contributed by atoms with Crippen LogP contribution in [0.5, 0.6) is 23.0 Å². The van der Waals surface area contributed by atoms with E-state index in [2.05, 4.69) is 203 Å². The molecule has 0 unspecified atom stereocenters. The summed E-state index contributed by atoms with van der Waals surface area (Å²) in [4.78, 5) is 0. The van der Waals surface area contributed by atoms with Crippen LogP contribution in [0.4, 0.5) is 8.78 Å². The number of fused-ring (bicyclic) bond motifs is 6. The van der Waals surface area contributed by atoms with Crippen LogP contribution in [-0.4, -0.2) is 31.6 Å². The summed E-state index contributed by atoms with van der Waals surface area (Å²) in [6.07, 6.45) is 10.1. The van der Waals surface area contributed by atoms with E-state index in [1.54, 1.807) is 12.1 Å². The van der Waals surface area contributed by atoms with Crippen LogP contribution < -0.4 is 0 Å². The maximum absolute atomic E-state index is 16.5. The smallest absolute Gasteiger partial charge is 0.238 e. The van der Waals surface area contributed by atoms with E-state index < -0.39 is 11.6 Å². The molecule has 0 radical (unpaired) electrons. The first-order valence-corrected chi connectivity index (χ1v) is 32.7. The summed E-state index contributed by atoms with van der Waals surface area (Å²) >= 11 is 0. The van der Waals surface area contributed by atoms with E-state index in [9.17, 15) is 10.2 Å². The molecular weight excluding hydrogens is 1090 g/mol. The number of aryl methyl sites for hydroxylation is 2. The van der Waals surface area contributed by atoms with Crippen molar-refractivity contribution in [2.45, 2.75) is 237 Å². The van der Waals surface area contributed by atoms with Crippen LogP contribution in [0, 0.1) is 50.5 Å². The lowest BCUT2D eigenvalue weighted by molar-refractivity contribution is -0.0945. The van der Waals surface area contributed by atoms with Gasteiger partial charge in [-0.2, -0.15) is 0 Å². The third-order valence-corrected chi connectivity index (χ3v) is 19.5. The number of phenolic OH excluding ortho intramolecular Hbond substituents is 2. The second-order valence-electron chi connectivity index (χ2n) is 31.8. The topological polar surface area (TPSA) is 55.7 Å². The highest BCUT2D eigenvalue weighted by atomic mass is 19.1. The Morgan fingerprint density at radius 1 is 0.489 bits per heavy atom. The van der Waals surface area contributed by atoms with Gasteiger partial charge < -0.3 is 28.1 Å². The van der Waals surface area contributed by atoms with E-state index >= 15 is 8.78 Å². The minimum atomic E-state index is -0.424. The Morgan fingerprint density at radius 2 is 0.898 bits per heavy atom. The lowest BCUT2D eigenvalue weighted by Gasteiger charge is -2.41. The van der Waals surface area contributed by atoms with Gasteiger partial charge in [-0.3, -0.25) is 0 Å². The molecule has 2 heterocycles. The van der Waals surface area contributed by atoms with Crippen LogP contribution in [0.3, 0.4) is 0 Å². The van der Waals surface area contributed by atoms with Crippen LogP contribution in [0.2, 0.25) is 0 Å². The van der Waals surface area contributed by atoms with Gasteiger partial charge in [-0.15, -0.1) is 0 Å². The van der Waals surface area contributed by atoms with Crippen LogP contribution in [0.1, 0.15) is 224 Å². The van der Waals surface area contributed by atoms with Gasteiger partial charge in [0.1, 0.15) is 29.6 Å². The van der Waals surface area contributed by atoms with E-state index in [0.717, 1.165) is 90.0 Å². The maximum Gasteiger partial charge on any atom is 0.238 e. The minimum absolute atomic E-state index is 0.00590. The van der Waals surface area contributed by atoms with Crippen molar-refractivity contribution in [3.05, 3.63) is 167 Å². The monoisotopic (exact) mass is 1190 g/mol. The fraction of sp³-hybridized carbons (Fsp3) is 0.475. The van der Waals surface area contributed by atoms with Gasteiger partial charge in [0.25, 0.3) is 0 Å². The van der Waals surface area contributed by atoms with Gasteiger partial charge in [-0.1, -0.05) is 128 Å². The predicted octanol–water partition coefficient (Wildman–Crippen LogP) is 22.8. The predicted molar refractivity (Wildman–Crippen MR) is 366 cm³/mol. The van der Waals surface area contributed by atoms with Crippen molar-refractivity contribution in [3.8, 4) is 56.6 Å². The number of aromatic hydroxyl groups is 2. The van der Waals surface area contributed by atoms with E-state index in [-0.39, 0.29) is 56.7 Å². The number of phenols is 2. The fourth-order valence-electron chi connectivity index (χ4n) is 15.8. The lowest BCUT2D eigenvalue weighted by atomic mass is 9.71. The first-order chi connectivity index (χ1) is 41.0. The standard InChI is InChI=1S/C80H102F2N2O4/c1-47(2)52-30-32-60-61-33-31-53(78(13,14)15)40-69(61)84(68(60)37-52)71-42-55(80(18,19)46-77(10,11)12)39-63(73(71)86)65-44-57(82)35-49(4)75(65)88(21)51(6)36-50(5)87(20)74-48(3)34-56(81)43-64(74)62-38-54(79(16,17)45-76(7,8)9)41-70(72(62)85)83-66-28-24-22-26-58(66)59-27-23-25-29-67(59)83/h30-35,37-44,47,50-51,85-86H,20-29,36,45-46H2,1-19H3/t50-,51-/m1/s1. The Bertz CT molecular complexity index is 3940. The molecular formula is C80H102F2N2O4. The molecule has 2 aliphatic carbocycles. The van der Waals surface area contributed by atoms with Crippen molar-refractivity contribution >= 4 is 21.8 Å². The summed E-state index contributed by atoms with van der Waals surface area (Å²) < 4.78 is 43.8. The molecule has 2 N–H and O–H groups in total. The van der Waals surface area contributed by atoms with E-state index in [4.69, 9.17) is 7.11 Å². The molecule has 0 bridgehead atoms. The highest BCUT2D eigenvalue weighted by molar-refractivity contribution is 6.10. The van der Waals surface area contributed by atoms with Gasteiger partial charge >= 0.3 is 0 Å². The van der Waals surface area contributed by atoms with Crippen molar-refractivity contribution < 1.29 is 27.7 Å². The minimum Gasteiger partial charge on any atom is -0.709 e. The molecule has 6 aromatic carbocycles. The Labute approximate surface area is 526 Å².